The lowest BCUT2D eigenvalue weighted by Crippen LogP contribution is -2.03. The number of nitrogens with two attached hydrogens (primary N) is 2. The van der Waals surface area contributed by atoms with Crippen LogP contribution in [0, 0.1) is 0 Å². The Morgan fingerprint density at radius 3 is 2.70 bits per heavy atom. The summed E-state index contributed by atoms with van der Waals surface area (Å²) in [7, 11) is 0. The molecule has 3 nitrogen and oxygen atoms in total. The molecule has 0 unspecified atom stereocenters. The highest BCUT2D eigenvalue weighted by atomic mass is 79.9. The minimum atomic E-state index is 0.437. The van der Waals surface area contributed by atoms with Crippen molar-refractivity contribution < 1.29 is 0 Å². The predicted molar refractivity (Wildman–Crippen MR) is 44.2 cm³/mol. The summed E-state index contributed by atoms with van der Waals surface area (Å²) in [6.45, 7) is 0.437. The molecule has 0 bridgehead atoms. The standard InChI is InChI=1S/C6H8BrN3/c7-5-2-1-4(3-8)6(9)10-5/h1-2H,3,8H2,(H2,9,10). The normalized spacial score (nSPS) is 9.80. The molecule has 1 aromatic rings. The van der Waals surface area contributed by atoms with E-state index in [2.05, 4.69) is 20.9 Å². The minimum absolute atomic E-state index is 0.437. The molecule has 0 aromatic carbocycles. The number of halogens is 1. The maximum absolute atomic E-state index is 5.51. The van der Waals surface area contributed by atoms with Crippen molar-refractivity contribution >= 4 is 21.7 Å². The molecule has 10 heavy (non-hydrogen) atoms. The lowest BCUT2D eigenvalue weighted by molar-refractivity contribution is 1.05. The zero-order valence-electron chi connectivity index (χ0n) is 5.34. The summed E-state index contributed by atoms with van der Waals surface area (Å²) in [4.78, 5) is 3.96. The van der Waals surface area contributed by atoms with Gasteiger partial charge in [0.25, 0.3) is 0 Å². The van der Waals surface area contributed by atoms with Crippen molar-refractivity contribution in [3.05, 3.63) is 22.3 Å². The third-order valence-electron chi connectivity index (χ3n) is 1.20. The zero-order valence-corrected chi connectivity index (χ0v) is 6.93. The van der Waals surface area contributed by atoms with Crippen molar-refractivity contribution in [1.82, 2.24) is 4.98 Å². The Labute approximate surface area is 67.6 Å². The molecule has 0 aliphatic rings. The molecule has 0 saturated heterocycles. The quantitative estimate of drug-likeness (QED) is 0.664. The van der Waals surface area contributed by atoms with Crippen LogP contribution in [-0.2, 0) is 6.54 Å². The Kier molecular flexibility index (Phi) is 2.24. The van der Waals surface area contributed by atoms with Crippen LogP contribution in [0.1, 0.15) is 5.56 Å². The van der Waals surface area contributed by atoms with Crippen molar-refractivity contribution in [1.29, 1.82) is 0 Å². The summed E-state index contributed by atoms with van der Waals surface area (Å²) in [5.74, 6) is 0.497. The zero-order chi connectivity index (χ0) is 7.56. The Hall–Kier alpha value is -0.610. The van der Waals surface area contributed by atoms with Crippen molar-refractivity contribution in [2.24, 2.45) is 5.73 Å². The van der Waals surface area contributed by atoms with Gasteiger partial charge in [-0.25, -0.2) is 4.98 Å². The summed E-state index contributed by atoms with van der Waals surface area (Å²) < 4.78 is 0.738. The van der Waals surface area contributed by atoms with E-state index in [1.54, 1.807) is 0 Å². The van der Waals surface area contributed by atoms with Crippen molar-refractivity contribution in [3.63, 3.8) is 0 Å². The molecule has 4 heteroatoms. The van der Waals surface area contributed by atoms with Gasteiger partial charge in [-0.3, -0.25) is 0 Å². The monoisotopic (exact) mass is 201 g/mol. The number of hydrogen-bond donors (Lipinski definition) is 2. The maximum atomic E-state index is 5.51. The van der Waals surface area contributed by atoms with Gasteiger partial charge in [0.15, 0.2) is 0 Å². The van der Waals surface area contributed by atoms with E-state index in [1.165, 1.54) is 0 Å². The summed E-state index contributed by atoms with van der Waals surface area (Å²) in [6.07, 6.45) is 0. The summed E-state index contributed by atoms with van der Waals surface area (Å²) in [5, 5.41) is 0. The van der Waals surface area contributed by atoms with Crippen LogP contribution in [0.25, 0.3) is 0 Å². The Bertz CT molecular complexity index is 236. The number of pyridine rings is 1. The van der Waals surface area contributed by atoms with E-state index in [1.807, 2.05) is 12.1 Å². The van der Waals surface area contributed by atoms with E-state index in [0.717, 1.165) is 10.2 Å². The Morgan fingerprint density at radius 1 is 1.50 bits per heavy atom. The van der Waals surface area contributed by atoms with Crippen LogP contribution in [0.15, 0.2) is 16.7 Å². The smallest absolute Gasteiger partial charge is 0.129 e. The first-order chi connectivity index (χ1) is 4.74. The van der Waals surface area contributed by atoms with Gasteiger partial charge in [-0.2, -0.15) is 0 Å². The fourth-order valence-corrected chi connectivity index (χ4v) is 0.975. The number of nitrogens with zero attached hydrogens (tertiary/aromatic N) is 1. The molecule has 0 atom stereocenters. The van der Waals surface area contributed by atoms with Gasteiger partial charge in [0, 0.05) is 12.1 Å². The van der Waals surface area contributed by atoms with Gasteiger partial charge in [0.1, 0.15) is 10.4 Å². The van der Waals surface area contributed by atoms with Gasteiger partial charge >= 0.3 is 0 Å². The number of rotatable bonds is 1. The molecule has 0 spiro atoms. The topological polar surface area (TPSA) is 64.9 Å². The first kappa shape index (κ1) is 7.50. The lowest BCUT2D eigenvalue weighted by Gasteiger charge is -1.99. The average Bonchev–Trinajstić information content (AvgIpc) is 1.88. The maximum Gasteiger partial charge on any atom is 0.129 e. The Morgan fingerprint density at radius 2 is 2.20 bits per heavy atom. The Balaban J connectivity index is 3.07. The minimum Gasteiger partial charge on any atom is -0.383 e. The van der Waals surface area contributed by atoms with Gasteiger partial charge in [0.05, 0.1) is 0 Å². The fraction of sp³-hybridized carbons (Fsp3) is 0.167. The molecule has 4 N–H and O–H groups in total. The third-order valence-corrected chi connectivity index (χ3v) is 1.64. The first-order valence-electron chi connectivity index (χ1n) is 2.85. The highest BCUT2D eigenvalue weighted by Gasteiger charge is 1.96. The van der Waals surface area contributed by atoms with Crippen molar-refractivity contribution in [3.8, 4) is 0 Å². The molecule has 1 heterocycles. The van der Waals surface area contributed by atoms with Crippen LogP contribution in [0.4, 0.5) is 5.82 Å². The molecule has 0 aliphatic carbocycles. The molecule has 0 saturated carbocycles. The van der Waals surface area contributed by atoms with Crippen molar-refractivity contribution in [2.45, 2.75) is 6.54 Å². The largest absolute Gasteiger partial charge is 0.383 e. The van der Waals surface area contributed by atoms with Crippen LogP contribution in [0.2, 0.25) is 0 Å². The summed E-state index contributed by atoms with van der Waals surface area (Å²) in [6, 6.07) is 3.67. The van der Waals surface area contributed by atoms with E-state index in [9.17, 15) is 0 Å². The van der Waals surface area contributed by atoms with Gasteiger partial charge in [0.2, 0.25) is 0 Å². The fourth-order valence-electron chi connectivity index (χ4n) is 0.651. The third kappa shape index (κ3) is 1.46. The first-order valence-corrected chi connectivity index (χ1v) is 3.64. The molecule has 0 aliphatic heterocycles. The van der Waals surface area contributed by atoms with Crippen molar-refractivity contribution in [2.75, 3.05) is 5.73 Å². The summed E-state index contributed by atoms with van der Waals surface area (Å²) >= 11 is 3.19. The molecule has 0 amide bonds. The number of hydrogen-bond acceptors (Lipinski definition) is 3. The van der Waals surface area contributed by atoms with Gasteiger partial charge < -0.3 is 11.5 Å². The highest BCUT2D eigenvalue weighted by Crippen LogP contribution is 2.12. The SMILES string of the molecule is NCc1ccc(Br)nc1N. The number of aromatic nitrogens is 1. The second-order valence-corrected chi connectivity index (χ2v) is 2.69. The van der Waals surface area contributed by atoms with E-state index in [4.69, 9.17) is 11.5 Å². The predicted octanol–water partition coefficient (Wildman–Crippen LogP) is 0.885. The van der Waals surface area contributed by atoms with Gasteiger partial charge in [-0.15, -0.1) is 0 Å². The van der Waals surface area contributed by atoms with E-state index in [-0.39, 0.29) is 0 Å². The highest BCUT2D eigenvalue weighted by molar-refractivity contribution is 9.10. The molecule has 0 radical (unpaired) electrons. The second kappa shape index (κ2) is 2.98. The van der Waals surface area contributed by atoms with Gasteiger partial charge in [-0.1, -0.05) is 6.07 Å². The van der Waals surface area contributed by atoms with Crippen LogP contribution in [0.3, 0.4) is 0 Å². The molecule has 0 fully saturated rings. The number of anilines is 1. The summed E-state index contributed by atoms with van der Waals surface area (Å²) in [5.41, 5.74) is 11.8. The molecule has 1 aromatic heterocycles. The average molecular weight is 202 g/mol. The van der Waals surface area contributed by atoms with Gasteiger partial charge in [-0.05, 0) is 22.0 Å². The van der Waals surface area contributed by atoms with Crippen LogP contribution < -0.4 is 11.5 Å². The van der Waals surface area contributed by atoms with Crippen LogP contribution in [-0.4, -0.2) is 4.98 Å². The van der Waals surface area contributed by atoms with Crippen LogP contribution >= 0.6 is 15.9 Å². The molecular weight excluding hydrogens is 194 g/mol. The second-order valence-electron chi connectivity index (χ2n) is 1.88. The van der Waals surface area contributed by atoms with E-state index in [0.29, 0.717) is 12.4 Å². The van der Waals surface area contributed by atoms with E-state index < -0.39 is 0 Å². The molecule has 54 valence electrons. The number of nitrogen functional groups attached to an aromatic ring is 1. The van der Waals surface area contributed by atoms with E-state index >= 15 is 0 Å². The molecule has 1 rings (SSSR count). The molecular formula is C6H8BrN3. The van der Waals surface area contributed by atoms with Crippen LogP contribution in [0.5, 0.6) is 0 Å². The lowest BCUT2D eigenvalue weighted by atomic mass is 10.3.